The first-order valence-electron chi connectivity index (χ1n) is 6.95. The summed E-state index contributed by atoms with van der Waals surface area (Å²) in [6.07, 6.45) is 3.45. The molecule has 0 saturated carbocycles. The summed E-state index contributed by atoms with van der Waals surface area (Å²) in [6.45, 7) is 1.98. The number of halogens is 1. The number of benzene rings is 2. The summed E-state index contributed by atoms with van der Waals surface area (Å²) in [5.41, 5.74) is 2.05. The van der Waals surface area contributed by atoms with Gasteiger partial charge in [0.2, 0.25) is 0 Å². The SMILES string of the molecule is CCC1=CC(C=O)c2cc(-c3ccccc3F)ccc2O1. The second kappa shape index (κ2) is 5.52. The highest BCUT2D eigenvalue weighted by Crippen LogP contribution is 2.37. The fraction of sp³-hybridized carbons (Fsp3) is 0.167. The van der Waals surface area contributed by atoms with Crippen LogP contribution in [0.5, 0.6) is 5.75 Å². The Morgan fingerprint density at radius 1 is 1.24 bits per heavy atom. The monoisotopic (exact) mass is 282 g/mol. The summed E-state index contributed by atoms with van der Waals surface area (Å²) in [6, 6.07) is 12.1. The molecular weight excluding hydrogens is 267 g/mol. The molecule has 106 valence electrons. The second-order valence-corrected chi connectivity index (χ2v) is 4.98. The van der Waals surface area contributed by atoms with Crippen LogP contribution in [0.25, 0.3) is 11.1 Å². The normalized spacial score (nSPS) is 16.7. The lowest BCUT2D eigenvalue weighted by atomic mass is 9.92. The molecule has 1 aliphatic heterocycles. The van der Waals surface area contributed by atoms with Crippen molar-refractivity contribution in [1.29, 1.82) is 0 Å². The standard InChI is InChI=1S/C18H15FO2/c1-2-14-9-13(11-20)16-10-12(7-8-18(16)21-14)15-5-3-4-6-17(15)19/h3-11,13H,2H2,1H3. The van der Waals surface area contributed by atoms with Crippen molar-refractivity contribution in [2.24, 2.45) is 0 Å². The highest BCUT2D eigenvalue weighted by Gasteiger charge is 2.21. The van der Waals surface area contributed by atoms with Crippen LogP contribution < -0.4 is 4.74 Å². The molecule has 3 rings (SSSR count). The molecule has 0 bridgehead atoms. The maximum absolute atomic E-state index is 13.9. The molecule has 0 saturated heterocycles. The van der Waals surface area contributed by atoms with Crippen LogP contribution in [0.15, 0.2) is 54.3 Å². The number of allylic oxidation sites excluding steroid dienone is 2. The van der Waals surface area contributed by atoms with Crippen molar-refractivity contribution in [3.63, 3.8) is 0 Å². The number of rotatable bonds is 3. The lowest BCUT2D eigenvalue weighted by Gasteiger charge is -2.22. The molecule has 0 fully saturated rings. The molecular formula is C18H15FO2. The summed E-state index contributed by atoms with van der Waals surface area (Å²) in [4.78, 5) is 11.3. The Bertz CT molecular complexity index is 719. The number of carbonyl (C=O) groups excluding carboxylic acids is 1. The van der Waals surface area contributed by atoms with E-state index >= 15 is 0 Å². The molecule has 2 aromatic rings. The van der Waals surface area contributed by atoms with E-state index in [-0.39, 0.29) is 11.7 Å². The van der Waals surface area contributed by atoms with Crippen molar-refractivity contribution in [1.82, 2.24) is 0 Å². The fourth-order valence-electron chi connectivity index (χ4n) is 2.53. The predicted molar refractivity (Wildman–Crippen MR) is 79.6 cm³/mol. The minimum absolute atomic E-state index is 0.276. The third-order valence-corrected chi connectivity index (χ3v) is 3.66. The zero-order valence-electron chi connectivity index (χ0n) is 11.7. The lowest BCUT2D eigenvalue weighted by Crippen LogP contribution is -2.10. The number of hydrogen-bond acceptors (Lipinski definition) is 2. The molecule has 1 unspecified atom stereocenters. The quantitative estimate of drug-likeness (QED) is 0.777. The molecule has 3 heteroatoms. The number of carbonyl (C=O) groups is 1. The average molecular weight is 282 g/mol. The van der Waals surface area contributed by atoms with Crippen molar-refractivity contribution >= 4 is 6.29 Å². The van der Waals surface area contributed by atoms with Crippen LogP contribution in [0.1, 0.15) is 24.8 Å². The van der Waals surface area contributed by atoms with E-state index in [1.165, 1.54) is 6.07 Å². The molecule has 1 aliphatic rings. The van der Waals surface area contributed by atoms with Gasteiger partial charge in [-0.15, -0.1) is 0 Å². The fourth-order valence-corrected chi connectivity index (χ4v) is 2.53. The van der Waals surface area contributed by atoms with E-state index < -0.39 is 0 Å². The van der Waals surface area contributed by atoms with Crippen molar-refractivity contribution in [2.75, 3.05) is 0 Å². The predicted octanol–water partition coefficient (Wildman–Crippen LogP) is 4.46. The van der Waals surface area contributed by atoms with Gasteiger partial charge >= 0.3 is 0 Å². The van der Waals surface area contributed by atoms with Gasteiger partial charge in [0, 0.05) is 17.5 Å². The molecule has 0 spiro atoms. The molecule has 1 atom stereocenters. The number of aldehydes is 1. The molecule has 2 nitrogen and oxygen atoms in total. The number of fused-ring (bicyclic) bond motifs is 1. The van der Waals surface area contributed by atoms with Gasteiger partial charge in [-0.2, -0.15) is 0 Å². The first-order chi connectivity index (χ1) is 10.2. The van der Waals surface area contributed by atoms with Crippen molar-refractivity contribution in [3.05, 3.63) is 65.7 Å². The van der Waals surface area contributed by atoms with Crippen LogP contribution in [0, 0.1) is 5.82 Å². The molecule has 0 radical (unpaired) electrons. The number of ether oxygens (including phenoxy) is 1. The molecule has 0 aromatic heterocycles. The Morgan fingerprint density at radius 2 is 2.05 bits per heavy atom. The molecule has 21 heavy (non-hydrogen) atoms. The maximum atomic E-state index is 13.9. The molecule has 0 aliphatic carbocycles. The maximum Gasteiger partial charge on any atom is 0.131 e. The van der Waals surface area contributed by atoms with Gasteiger partial charge in [-0.1, -0.05) is 31.2 Å². The van der Waals surface area contributed by atoms with Crippen LogP contribution in [0.4, 0.5) is 4.39 Å². The van der Waals surface area contributed by atoms with E-state index in [0.717, 1.165) is 29.6 Å². The molecule has 0 N–H and O–H groups in total. The Morgan fingerprint density at radius 3 is 2.76 bits per heavy atom. The highest BCUT2D eigenvalue weighted by molar-refractivity contribution is 5.73. The largest absolute Gasteiger partial charge is 0.462 e. The van der Waals surface area contributed by atoms with E-state index in [2.05, 4.69) is 0 Å². The zero-order valence-corrected chi connectivity index (χ0v) is 11.7. The summed E-state index contributed by atoms with van der Waals surface area (Å²) < 4.78 is 19.6. The molecule has 0 amide bonds. The van der Waals surface area contributed by atoms with E-state index in [9.17, 15) is 9.18 Å². The highest BCUT2D eigenvalue weighted by atomic mass is 19.1. The topological polar surface area (TPSA) is 26.3 Å². The lowest BCUT2D eigenvalue weighted by molar-refractivity contribution is -0.108. The Labute approximate surface area is 122 Å². The van der Waals surface area contributed by atoms with E-state index in [1.807, 2.05) is 25.1 Å². The van der Waals surface area contributed by atoms with Crippen molar-refractivity contribution < 1.29 is 13.9 Å². The van der Waals surface area contributed by atoms with Crippen molar-refractivity contribution in [3.8, 4) is 16.9 Å². The van der Waals surface area contributed by atoms with Gasteiger partial charge in [-0.3, -0.25) is 0 Å². The first-order valence-corrected chi connectivity index (χ1v) is 6.95. The van der Waals surface area contributed by atoms with Gasteiger partial charge < -0.3 is 9.53 Å². The van der Waals surface area contributed by atoms with Crippen molar-refractivity contribution in [2.45, 2.75) is 19.3 Å². The Kier molecular flexibility index (Phi) is 3.57. The van der Waals surface area contributed by atoms with Gasteiger partial charge in [-0.25, -0.2) is 4.39 Å². The van der Waals surface area contributed by atoms with Gasteiger partial charge in [-0.05, 0) is 29.8 Å². The van der Waals surface area contributed by atoms with Crippen LogP contribution in [-0.2, 0) is 4.79 Å². The molecule has 2 aromatic carbocycles. The van der Waals surface area contributed by atoms with Crippen LogP contribution in [0.3, 0.4) is 0 Å². The minimum Gasteiger partial charge on any atom is -0.462 e. The third-order valence-electron chi connectivity index (χ3n) is 3.66. The van der Waals surface area contributed by atoms with Gasteiger partial charge in [0.1, 0.15) is 23.6 Å². The zero-order chi connectivity index (χ0) is 14.8. The van der Waals surface area contributed by atoms with Crippen LogP contribution in [-0.4, -0.2) is 6.29 Å². The Hall–Kier alpha value is -2.42. The second-order valence-electron chi connectivity index (χ2n) is 4.98. The van der Waals surface area contributed by atoms with Gasteiger partial charge in [0.15, 0.2) is 0 Å². The van der Waals surface area contributed by atoms with Gasteiger partial charge in [0.05, 0.1) is 5.92 Å². The van der Waals surface area contributed by atoms with Crippen LogP contribution in [0.2, 0.25) is 0 Å². The van der Waals surface area contributed by atoms with E-state index in [0.29, 0.717) is 11.3 Å². The number of hydrogen-bond donors (Lipinski definition) is 0. The summed E-state index contributed by atoms with van der Waals surface area (Å²) >= 11 is 0. The smallest absolute Gasteiger partial charge is 0.131 e. The van der Waals surface area contributed by atoms with E-state index in [4.69, 9.17) is 4.74 Å². The summed E-state index contributed by atoms with van der Waals surface area (Å²) in [5, 5.41) is 0. The summed E-state index contributed by atoms with van der Waals surface area (Å²) in [5.74, 6) is 0.849. The van der Waals surface area contributed by atoms with E-state index in [1.54, 1.807) is 24.3 Å². The minimum atomic E-state index is -0.338. The first kappa shape index (κ1) is 13.6. The Balaban J connectivity index is 2.08. The summed E-state index contributed by atoms with van der Waals surface area (Å²) in [7, 11) is 0. The van der Waals surface area contributed by atoms with Crippen LogP contribution >= 0.6 is 0 Å². The van der Waals surface area contributed by atoms with Gasteiger partial charge in [0.25, 0.3) is 0 Å². The third kappa shape index (κ3) is 2.47. The molecule has 1 heterocycles. The average Bonchev–Trinajstić information content (AvgIpc) is 2.53.